The first-order chi connectivity index (χ1) is 5.46. The number of hydrogen-bond acceptors (Lipinski definition) is 2. The van der Waals surface area contributed by atoms with Gasteiger partial charge in [-0.15, -0.1) is 0 Å². The molecule has 1 atom stereocenters. The summed E-state index contributed by atoms with van der Waals surface area (Å²) in [4.78, 5) is 3.80. The van der Waals surface area contributed by atoms with Crippen LogP contribution in [0.1, 0.15) is 12.1 Å². The molecule has 1 aliphatic rings. The third-order valence-electron chi connectivity index (χ3n) is 2.19. The predicted molar refractivity (Wildman–Crippen MR) is 38.6 cm³/mol. The van der Waals surface area contributed by atoms with Crippen molar-refractivity contribution in [1.29, 1.82) is 0 Å². The van der Waals surface area contributed by atoms with Gasteiger partial charge in [0, 0.05) is 19.7 Å². The minimum absolute atomic E-state index is 0.273. The van der Waals surface area contributed by atoms with E-state index in [1.165, 1.54) is 12.5 Å². The van der Waals surface area contributed by atoms with Crippen molar-refractivity contribution in [3.8, 4) is 0 Å². The molecule has 2 rings (SSSR count). The van der Waals surface area contributed by atoms with Crippen LogP contribution in [0, 0.1) is 0 Å². The number of nitrogens with two attached hydrogens (primary N) is 1. The predicted octanol–water partition coefficient (Wildman–Crippen LogP) is 0.613. The highest BCUT2D eigenvalue weighted by atomic mass is 19.3. The van der Waals surface area contributed by atoms with Crippen molar-refractivity contribution in [3.63, 3.8) is 0 Å². The zero-order valence-corrected chi connectivity index (χ0v) is 6.59. The van der Waals surface area contributed by atoms with Crippen LogP contribution in [0.2, 0.25) is 0 Å². The lowest BCUT2D eigenvalue weighted by Gasteiger charge is -2.04. The number of aromatic nitrogens is 2. The Morgan fingerprint density at radius 2 is 2.25 bits per heavy atom. The number of nitrogens with zero attached hydrogens (tertiary/aromatic N) is 2. The first-order valence-electron chi connectivity index (χ1n) is 3.61. The molecule has 0 bridgehead atoms. The van der Waals surface area contributed by atoms with Crippen LogP contribution in [0.5, 0.6) is 0 Å². The minimum Gasteiger partial charge on any atom is -0.340 e. The molecule has 12 heavy (non-hydrogen) atoms. The van der Waals surface area contributed by atoms with Crippen LogP contribution in [-0.2, 0) is 12.6 Å². The smallest absolute Gasteiger partial charge is 0.274 e. The summed E-state index contributed by atoms with van der Waals surface area (Å²) in [6.07, 6.45) is 2.70. The lowest BCUT2D eigenvalue weighted by molar-refractivity contribution is 0.0882. The van der Waals surface area contributed by atoms with E-state index < -0.39 is 11.5 Å². The molecule has 0 aliphatic heterocycles. The maximum atomic E-state index is 12.7. The minimum atomic E-state index is -2.78. The SMILES string of the molecule is Cn1cnc(C2(N)CC2(F)F)c1. The zero-order chi connectivity index (χ0) is 8.98. The molecule has 1 aliphatic carbocycles. The summed E-state index contributed by atoms with van der Waals surface area (Å²) in [5, 5.41) is 0. The summed E-state index contributed by atoms with van der Waals surface area (Å²) in [6, 6.07) is 0. The molecule has 1 aromatic rings. The summed E-state index contributed by atoms with van der Waals surface area (Å²) in [7, 11) is 1.72. The van der Waals surface area contributed by atoms with E-state index in [2.05, 4.69) is 4.98 Å². The van der Waals surface area contributed by atoms with Gasteiger partial charge in [-0.1, -0.05) is 0 Å². The van der Waals surface area contributed by atoms with Gasteiger partial charge in [-0.3, -0.25) is 0 Å². The highest BCUT2D eigenvalue weighted by Crippen LogP contribution is 2.56. The van der Waals surface area contributed by atoms with E-state index in [4.69, 9.17) is 5.73 Å². The molecule has 5 heteroatoms. The standard InChI is InChI=1S/C7H9F2N3/c1-12-2-5(11-4-12)6(10)3-7(6,8)9/h2,4H,3,10H2,1H3. The molecule has 0 aromatic carbocycles. The Balaban J connectivity index is 2.34. The van der Waals surface area contributed by atoms with Gasteiger partial charge in [-0.05, 0) is 0 Å². The summed E-state index contributed by atoms with van der Waals surface area (Å²) < 4.78 is 27.0. The second-order valence-electron chi connectivity index (χ2n) is 3.28. The molecular formula is C7H9F2N3. The molecule has 1 saturated carbocycles. The third-order valence-corrected chi connectivity index (χ3v) is 2.19. The normalized spacial score (nSPS) is 32.0. The first kappa shape index (κ1) is 7.67. The van der Waals surface area contributed by atoms with Gasteiger partial charge in [0.05, 0.1) is 12.0 Å². The van der Waals surface area contributed by atoms with Gasteiger partial charge in [0.2, 0.25) is 0 Å². The van der Waals surface area contributed by atoms with Crippen LogP contribution >= 0.6 is 0 Å². The Hall–Kier alpha value is -0.970. The molecule has 0 spiro atoms. The summed E-state index contributed by atoms with van der Waals surface area (Å²) in [6.45, 7) is 0. The Bertz CT molecular complexity index is 320. The molecule has 1 unspecified atom stereocenters. The fourth-order valence-corrected chi connectivity index (χ4v) is 1.23. The van der Waals surface area contributed by atoms with E-state index in [-0.39, 0.29) is 12.1 Å². The van der Waals surface area contributed by atoms with Gasteiger partial charge in [0.1, 0.15) is 5.54 Å². The molecule has 3 nitrogen and oxygen atoms in total. The lowest BCUT2D eigenvalue weighted by atomic mass is 10.2. The molecule has 0 amide bonds. The van der Waals surface area contributed by atoms with E-state index in [0.29, 0.717) is 0 Å². The Morgan fingerprint density at radius 1 is 1.67 bits per heavy atom. The van der Waals surface area contributed by atoms with Crippen molar-refractivity contribution in [2.24, 2.45) is 12.8 Å². The van der Waals surface area contributed by atoms with Gasteiger partial charge in [-0.2, -0.15) is 0 Å². The average Bonchev–Trinajstić information content (AvgIpc) is 2.37. The molecule has 66 valence electrons. The van der Waals surface area contributed by atoms with E-state index in [1.807, 2.05) is 0 Å². The zero-order valence-electron chi connectivity index (χ0n) is 6.59. The molecule has 1 aromatic heterocycles. The van der Waals surface area contributed by atoms with E-state index >= 15 is 0 Å². The molecule has 1 heterocycles. The van der Waals surface area contributed by atoms with Crippen LogP contribution < -0.4 is 5.73 Å². The summed E-state index contributed by atoms with van der Waals surface area (Å²) in [5.41, 5.74) is 4.20. The molecule has 0 radical (unpaired) electrons. The molecule has 0 saturated heterocycles. The molecular weight excluding hydrogens is 164 g/mol. The van der Waals surface area contributed by atoms with Crippen molar-refractivity contribution in [3.05, 3.63) is 18.2 Å². The topological polar surface area (TPSA) is 43.8 Å². The third kappa shape index (κ3) is 0.797. The fraction of sp³-hybridized carbons (Fsp3) is 0.571. The van der Waals surface area contributed by atoms with Crippen LogP contribution in [0.15, 0.2) is 12.5 Å². The molecule has 1 fully saturated rings. The fourth-order valence-electron chi connectivity index (χ4n) is 1.23. The number of rotatable bonds is 1. The van der Waals surface area contributed by atoms with E-state index in [1.54, 1.807) is 11.6 Å². The number of aryl methyl sites for hydroxylation is 1. The Labute approximate surface area is 68.2 Å². The summed E-state index contributed by atoms with van der Waals surface area (Å²) in [5.74, 6) is -2.78. The van der Waals surface area contributed by atoms with Crippen molar-refractivity contribution < 1.29 is 8.78 Å². The maximum Gasteiger partial charge on any atom is 0.274 e. The Kier molecular flexibility index (Phi) is 1.18. The lowest BCUT2D eigenvalue weighted by Crippen LogP contribution is -2.27. The maximum absolute atomic E-state index is 12.7. The van der Waals surface area contributed by atoms with Crippen molar-refractivity contribution in [1.82, 2.24) is 9.55 Å². The van der Waals surface area contributed by atoms with Gasteiger partial charge in [-0.25, -0.2) is 13.8 Å². The number of alkyl halides is 2. The number of hydrogen-bond donors (Lipinski definition) is 1. The molecule has 2 N–H and O–H groups in total. The second-order valence-corrected chi connectivity index (χ2v) is 3.28. The van der Waals surface area contributed by atoms with Crippen molar-refractivity contribution in [2.75, 3.05) is 0 Å². The van der Waals surface area contributed by atoms with Crippen LogP contribution in [-0.4, -0.2) is 15.5 Å². The number of imidazole rings is 1. The van der Waals surface area contributed by atoms with Crippen LogP contribution in [0.25, 0.3) is 0 Å². The monoisotopic (exact) mass is 173 g/mol. The first-order valence-corrected chi connectivity index (χ1v) is 3.61. The Morgan fingerprint density at radius 3 is 2.58 bits per heavy atom. The average molecular weight is 173 g/mol. The van der Waals surface area contributed by atoms with Gasteiger partial charge in [0.15, 0.2) is 0 Å². The quantitative estimate of drug-likeness (QED) is 0.676. The van der Waals surface area contributed by atoms with Gasteiger partial charge in [0.25, 0.3) is 5.92 Å². The highest BCUT2D eigenvalue weighted by Gasteiger charge is 2.71. The highest BCUT2D eigenvalue weighted by molar-refractivity contribution is 5.28. The van der Waals surface area contributed by atoms with Crippen LogP contribution in [0.4, 0.5) is 8.78 Å². The number of halogens is 2. The van der Waals surface area contributed by atoms with E-state index in [0.717, 1.165) is 0 Å². The van der Waals surface area contributed by atoms with E-state index in [9.17, 15) is 8.78 Å². The van der Waals surface area contributed by atoms with Crippen molar-refractivity contribution in [2.45, 2.75) is 17.9 Å². The van der Waals surface area contributed by atoms with Gasteiger partial charge < -0.3 is 10.3 Å². The summed E-state index contributed by atoms with van der Waals surface area (Å²) >= 11 is 0. The van der Waals surface area contributed by atoms with Crippen LogP contribution in [0.3, 0.4) is 0 Å². The largest absolute Gasteiger partial charge is 0.340 e. The second kappa shape index (κ2) is 1.85. The van der Waals surface area contributed by atoms with Gasteiger partial charge >= 0.3 is 0 Å². The van der Waals surface area contributed by atoms with Crippen molar-refractivity contribution >= 4 is 0 Å².